The molecule has 1 nitrogen and oxygen atoms in total. The van der Waals surface area contributed by atoms with Gasteiger partial charge in [-0.05, 0) is 76.1 Å². The molecule has 5 aromatic rings. The second-order valence-electron chi connectivity index (χ2n) is 9.95. The van der Waals surface area contributed by atoms with E-state index >= 15 is 0 Å². The molecule has 0 aliphatic heterocycles. The van der Waals surface area contributed by atoms with E-state index in [1.165, 1.54) is 27.8 Å². The third kappa shape index (κ3) is 4.97. The van der Waals surface area contributed by atoms with Gasteiger partial charge in [0.15, 0.2) is 0 Å². The Hall–Kier alpha value is -4.10. The monoisotopic (exact) mass is 467 g/mol. The van der Waals surface area contributed by atoms with Crippen molar-refractivity contribution in [2.75, 3.05) is 4.90 Å². The van der Waals surface area contributed by atoms with Crippen LogP contribution in [0, 0.1) is 0 Å². The van der Waals surface area contributed by atoms with Gasteiger partial charge in [-0.25, -0.2) is 0 Å². The van der Waals surface area contributed by atoms with E-state index in [4.69, 9.17) is 0 Å². The summed E-state index contributed by atoms with van der Waals surface area (Å²) in [5.74, 6) is 0. The van der Waals surface area contributed by atoms with Gasteiger partial charge in [-0.3, -0.25) is 0 Å². The fourth-order valence-corrected chi connectivity index (χ4v) is 4.60. The molecule has 0 bridgehead atoms. The molecule has 0 N–H and O–H groups in total. The van der Waals surface area contributed by atoms with Crippen molar-refractivity contribution in [3.05, 3.63) is 139 Å². The third-order valence-electron chi connectivity index (χ3n) is 7.23. The van der Waals surface area contributed by atoms with Gasteiger partial charge in [0.2, 0.25) is 0 Å². The Balaban J connectivity index is 1.52. The maximum Gasteiger partial charge on any atom is 0.0467 e. The van der Waals surface area contributed by atoms with E-state index in [1.807, 2.05) is 0 Å². The van der Waals surface area contributed by atoms with E-state index in [2.05, 4.69) is 159 Å². The number of hydrogen-bond donors (Lipinski definition) is 0. The zero-order valence-corrected chi connectivity index (χ0v) is 21.4. The smallest absolute Gasteiger partial charge is 0.0467 e. The van der Waals surface area contributed by atoms with Crippen molar-refractivity contribution >= 4 is 17.1 Å². The Morgan fingerprint density at radius 1 is 0.472 bits per heavy atom. The molecule has 0 aliphatic carbocycles. The molecule has 0 aliphatic rings. The Morgan fingerprint density at radius 3 is 1.58 bits per heavy atom. The Kier molecular flexibility index (Phi) is 6.73. The summed E-state index contributed by atoms with van der Waals surface area (Å²) in [5.41, 5.74) is 9.90. The van der Waals surface area contributed by atoms with Crippen molar-refractivity contribution in [3.8, 4) is 22.3 Å². The minimum absolute atomic E-state index is 0.191. The maximum atomic E-state index is 2.33. The fourth-order valence-electron chi connectivity index (χ4n) is 4.60. The van der Waals surface area contributed by atoms with Crippen LogP contribution in [0.3, 0.4) is 0 Å². The van der Waals surface area contributed by atoms with Crippen molar-refractivity contribution in [1.82, 2.24) is 0 Å². The minimum Gasteiger partial charge on any atom is -0.310 e. The molecule has 0 amide bonds. The molecule has 178 valence electrons. The molecule has 1 heteroatoms. The van der Waals surface area contributed by atoms with E-state index in [-0.39, 0.29) is 5.41 Å². The number of benzene rings is 5. The zero-order valence-electron chi connectivity index (χ0n) is 21.4. The van der Waals surface area contributed by atoms with Crippen LogP contribution in [0.5, 0.6) is 0 Å². The van der Waals surface area contributed by atoms with Crippen molar-refractivity contribution in [1.29, 1.82) is 0 Å². The highest BCUT2D eigenvalue weighted by molar-refractivity contribution is 5.81. The molecule has 0 heterocycles. The van der Waals surface area contributed by atoms with E-state index in [0.717, 1.165) is 23.5 Å². The summed E-state index contributed by atoms with van der Waals surface area (Å²) in [6.45, 7) is 6.87. The highest BCUT2D eigenvalue weighted by Gasteiger charge is 2.18. The van der Waals surface area contributed by atoms with Crippen LogP contribution in [-0.2, 0) is 5.41 Å². The summed E-state index contributed by atoms with van der Waals surface area (Å²) in [4.78, 5) is 2.33. The first-order chi connectivity index (χ1) is 17.5. The van der Waals surface area contributed by atoms with Crippen molar-refractivity contribution in [3.63, 3.8) is 0 Å². The van der Waals surface area contributed by atoms with Crippen LogP contribution in [-0.4, -0.2) is 0 Å². The lowest BCUT2D eigenvalue weighted by atomic mass is 9.82. The molecule has 0 radical (unpaired) electrons. The lowest BCUT2D eigenvalue weighted by molar-refractivity contribution is 0.506. The van der Waals surface area contributed by atoms with Crippen molar-refractivity contribution < 1.29 is 0 Å². The van der Waals surface area contributed by atoms with Gasteiger partial charge in [0.1, 0.15) is 0 Å². The molecule has 0 saturated heterocycles. The summed E-state index contributed by atoms with van der Waals surface area (Å²) < 4.78 is 0. The standard InChI is InChI=1S/C35H33N/c1-4-35(2,3)31-22-18-29(19-23-31)30-14-11-17-34(26-30)36(32-15-9-6-10-16-32)33-24-20-28(21-25-33)27-12-7-5-8-13-27/h5-26H,4H2,1-3H3. The number of nitrogens with zero attached hydrogens (tertiary/aromatic N) is 1. The van der Waals surface area contributed by atoms with Gasteiger partial charge in [0.05, 0.1) is 0 Å². The molecule has 5 rings (SSSR count). The van der Waals surface area contributed by atoms with Gasteiger partial charge >= 0.3 is 0 Å². The normalized spacial score (nSPS) is 11.3. The molecule has 0 saturated carbocycles. The van der Waals surface area contributed by atoms with Crippen LogP contribution in [0.4, 0.5) is 17.1 Å². The number of hydrogen-bond acceptors (Lipinski definition) is 1. The van der Waals surface area contributed by atoms with Crippen LogP contribution >= 0.6 is 0 Å². The fraction of sp³-hybridized carbons (Fsp3) is 0.143. The van der Waals surface area contributed by atoms with Crippen LogP contribution in [0.25, 0.3) is 22.3 Å². The summed E-state index contributed by atoms with van der Waals surface area (Å²) >= 11 is 0. The van der Waals surface area contributed by atoms with E-state index < -0.39 is 0 Å². The second kappa shape index (κ2) is 10.3. The van der Waals surface area contributed by atoms with Crippen LogP contribution < -0.4 is 4.90 Å². The number of para-hydroxylation sites is 1. The summed E-state index contributed by atoms with van der Waals surface area (Å²) in [6, 6.07) is 47.9. The molecule has 0 aromatic heterocycles. The first-order valence-corrected chi connectivity index (χ1v) is 12.8. The average molecular weight is 468 g/mol. The van der Waals surface area contributed by atoms with E-state index in [9.17, 15) is 0 Å². The molecular weight excluding hydrogens is 434 g/mol. The quantitative estimate of drug-likeness (QED) is 0.230. The van der Waals surface area contributed by atoms with E-state index in [0.29, 0.717) is 0 Å². The summed E-state index contributed by atoms with van der Waals surface area (Å²) in [7, 11) is 0. The third-order valence-corrected chi connectivity index (χ3v) is 7.23. The average Bonchev–Trinajstić information content (AvgIpc) is 2.95. The topological polar surface area (TPSA) is 3.24 Å². The zero-order chi connectivity index (χ0) is 25.0. The van der Waals surface area contributed by atoms with Gasteiger partial charge in [-0.1, -0.05) is 118 Å². The van der Waals surface area contributed by atoms with Crippen LogP contribution in [0.1, 0.15) is 32.8 Å². The lowest BCUT2D eigenvalue weighted by Crippen LogP contribution is -2.14. The van der Waals surface area contributed by atoms with Gasteiger partial charge in [0.25, 0.3) is 0 Å². The molecule has 0 unspecified atom stereocenters. The highest BCUT2D eigenvalue weighted by atomic mass is 15.1. The van der Waals surface area contributed by atoms with Gasteiger partial charge in [-0.2, -0.15) is 0 Å². The molecule has 5 aromatic carbocycles. The largest absolute Gasteiger partial charge is 0.310 e. The Morgan fingerprint density at radius 2 is 0.944 bits per heavy atom. The Labute approximate surface area is 215 Å². The Bertz CT molecular complexity index is 1400. The lowest BCUT2D eigenvalue weighted by Gasteiger charge is -2.26. The summed E-state index contributed by atoms with van der Waals surface area (Å²) in [6.07, 6.45) is 1.12. The first-order valence-electron chi connectivity index (χ1n) is 12.8. The minimum atomic E-state index is 0.191. The molecule has 36 heavy (non-hydrogen) atoms. The molecule has 0 spiro atoms. The van der Waals surface area contributed by atoms with Crippen molar-refractivity contribution in [2.24, 2.45) is 0 Å². The number of anilines is 3. The van der Waals surface area contributed by atoms with E-state index in [1.54, 1.807) is 0 Å². The first kappa shape index (κ1) is 23.6. The predicted molar refractivity (Wildman–Crippen MR) is 155 cm³/mol. The van der Waals surface area contributed by atoms with Gasteiger partial charge in [0, 0.05) is 17.1 Å². The number of rotatable bonds is 7. The highest BCUT2D eigenvalue weighted by Crippen LogP contribution is 2.37. The SMILES string of the molecule is CCC(C)(C)c1ccc(-c2cccc(N(c3ccccc3)c3ccc(-c4ccccc4)cc3)c2)cc1. The van der Waals surface area contributed by atoms with Gasteiger partial charge in [-0.15, -0.1) is 0 Å². The van der Waals surface area contributed by atoms with Crippen LogP contribution in [0.15, 0.2) is 133 Å². The molecule has 0 fully saturated rings. The van der Waals surface area contributed by atoms with Crippen molar-refractivity contribution in [2.45, 2.75) is 32.6 Å². The van der Waals surface area contributed by atoms with Gasteiger partial charge < -0.3 is 4.90 Å². The summed E-state index contributed by atoms with van der Waals surface area (Å²) in [5, 5.41) is 0. The second-order valence-corrected chi connectivity index (χ2v) is 9.95. The molecule has 0 atom stereocenters. The van der Waals surface area contributed by atoms with Crippen LogP contribution in [0.2, 0.25) is 0 Å². The predicted octanol–water partition coefficient (Wildman–Crippen LogP) is 10.2. The molecular formula is C35H33N. The maximum absolute atomic E-state index is 2.33.